The van der Waals surface area contributed by atoms with Gasteiger partial charge in [-0.2, -0.15) is 0 Å². The van der Waals surface area contributed by atoms with E-state index in [0.29, 0.717) is 5.56 Å². The van der Waals surface area contributed by atoms with Crippen molar-refractivity contribution in [3.05, 3.63) is 57.8 Å². The van der Waals surface area contributed by atoms with Gasteiger partial charge in [0, 0.05) is 6.20 Å². The molecule has 0 amide bonds. The molecule has 6 heteroatoms. The van der Waals surface area contributed by atoms with E-state index in [0.717, 1.165) is 10.9 Å². The van der Waals surface area contributed by atoms with Crippen molar-refractivity contribution >= 4 is 5.97 Å². The lowest BCUT2D eigenvalue weighted by Gasteiger charge is -2.01. The van der Waals surface area contributed by atoms with E-state index >= 15 is 0 Å². The molecule has 0 unspecified atom stereocenters. The molecule has 1 heterocycles. The summed E-state index contributed by atoms with van der Waals surface area (Å²) in [5, 5.41) is 11.2. The minimum atomic E-state index is -1.27. The Hall–Kier alpha value is -2.37. The van der Waals surface area contributed by atoms with Crippen molar-refractivity contribution in [3.8, 4) is 0 Å². The number of H-pyrrole nitrogens is 1. The van der Waals surface area contributed by atoms with Gasteiger partial charge in [0.15, 0.2) is 0 Å². The molecule has 88 valence electrons. The summed E-state index contributed by atoms with van der Waals surface area (Å²) in [6.45, 7) is 0.173. The first kappa shape index (κ1) is 11.1. The second-order valence-corrected chi connectivity index (χ2v) is 3.51. The highest BCUT2D eigenvalue weighted by atomic mass is 19.1. The van der Waals surface area contributed by atoms with Crippen molar-refractivity contribution in [3.63, 3.8) is 0 Å². The summed E-state index contributed by atoms with van der Waals surface area (Å²) in [7, 11) is 0. The number of aromatic amines is 1. The average Bonchev–Trinajstić information content (AvgIpc) is 2.64. The van der Waals surface area contributed by atoms with Gasteiger partial charge in [-0.15, -0.1) is 0 Å². The van der Waals surface area contributed by atoms with E-state index < -0.39 is 11.5 Å². The summed E-state index contributed by atoms with van der Waals surface area (Å²) in [6.07, 6.45) is 1.13. The highest BCUT2D eigenvalue weighted by Crippen LogP contribution is 2.03. The topological polar surface area (TPSA) is 75.1 Å². The van der Waals surface area contributed by atoms with Crippen LogP contribution in [0, 0.1) is 5.82 Å². The van der Waals surface area contributed by atoms with Gasteiger partial charge < -0.3 is 10.2 Å². The number of benzene rings is 1. The Morgan fingerprint density at radius 1 is 1.35 bits per heavy atom. The Labute approximate surface area is 95.1 Å². The van der Waals surface area contributed by atoms with Crippen LogP contribution >= 0.6 is 0 Å². The van der Waals surface area contributed by atoms with E-state index in [4.69, 9.17) is 5.11 Å². The molecule has 2 rings (SSSR count). The van der Waals surface area contributed by atoms with Crippen LogP contribution in [0.1, 0.15) is 15.9 Å². The Kier molecular flexibility index (Phi) is 2.78. The second kappa shape index (κ2) is 4.25. The zero-order valence-corrected chi connectivity index (χ0v) is 8.68. The number of carbonyl (C=O) groups is 1. The fourth-order valence-electron chi connectivity index (χ4n) is 1.45. The third-order valence-electron chi connectivity index (χ3n) is 2.32. The molecule has 1 aromatic heterocycles. The number of hydrogen-bond acceptors (Lipinski definition) is 2. The predicted octanol–water partition coefficient (Wildman–Crippen LogP) is 1.06. The molecule has 5 nitrogen and oxygen atoms in total. The normalized spacial score (nSPS) is 10.4. The molecule has 0 atom stereocenters. The van der Waals surface area contributed by atoms with Crippen molar-refractivity contribution in [2.45, 2.75) is 6.54 Å². The number of aromatic carboxylic acids is 1. The molecule has 0 aliphatic rings. The van der Waals surface area contributed by atoms with E-state index in [1.807, 2.05) is 0 Å². The number of halogens is 1. The van der Waals surface area contributed by atoms with Gasteiger partial charge in [0.05, 0.1) is 6.54 Å². The minimum absolute atomic E-state index is 0.173. The van der Waals surface area contributed by atoms with Crippen LogP contribution in [0.5, 0.6) is 0 Å². The van der Waals surface area contributed by atoms with Gasteiger partial charge >= 0.3 is 5.97 Å². The Morgan fingerprint density at radius 2 is 2.00 bits per heavy atom. The first-order chi connectivity index (χ1) is 8.08. The summed E-state index contributed by atoms with van der Waals surface area (Å²) in [5.41, 5.74) is -0.221. The Bertz CT molecular complexity index is 598. The van der Waals surface area contributed by atoms with Crippen LogP contribution in [0.3, 0.4) is 0 Å². The number of nitrogens with one attached hydrogen (secondary N) is 1. The smallest absolute Gasteiger partial charge is 0.342 e. The third kappa shape index (κ3) is 2.25. The van der Waals surface area contributed by atoms with E-state index in [1.54, 1.807) is 0 Å². The lowest BCUT2D eigenvalue weighted by Crippen LogP contribution is -2.21. The average molecular weight is 236 g/mol. The number of rotatable bonds is 3. The van der Waals surface area contributed by atoms with E-state index in [1.165, 1.54) is 24.3 Å². The number of aromatic nitrogens is 2. The monoisotopic (exact) mass is 236 g/mol. The largest absolute Gasteiger partial charge is 0.477 e. The maximum atomic E-state index is 12.7. The molecule has 2 aromatic rings. The molecular formula is C11H9FN2O3. The zero-order chi connectivity index (χ0) is 12.4. The maximum Gasteiger partial charge on any atom is 0.342 e. The van der Waals surface area contributed by atoms with Crippen LogP contribution < -0.4 is 5.56 Å². The molecule has 2 N–H and O–H groups in total. The standard InChI is InChI=1S/C11H9FN2O3/c12-8-3-1-7(2-4-8)6-14-10(15)9(5-13-14)11(16)17/h1-5,13H,6H2,(H,16,17). The summed E-state index contributed by atoms with van der Waals surface area (Å²) in [6, 6.07) is 5.62. The lowest BCUT2D eigenvalue weighted by molar-refractivity contribution is 0.0695. The van der Waals surface area contributed by atoms with Crippen LogP contribution in [0.25, 0.3) is 0 Å². The van der Waals surface area contributed by atoms with E-state index in [-0.39, 0.29) is 17.9 Å². The molecular weight excluding hydrogens is 227 g/mol. The maximum absolute atomic E-state index is 12.7. The molecule has 0 bridgehead atoms. The third-order valence-corrected chi connectivity index (χ3v) is 2.32. The second-order valence-electron chi connectivity index (χ2n) is 3.51. The van der Waals surface area contributed by atoms with Crippen LogP contribution in [-0.4, -0.2) is 20.9 Å². The predicted molar refractivity (Wildman–Crippen MR) is 57.5 cm³/mol. The van der Waals surface area contributed by atoms with Crippen molar-refractivity contribution < 1.29 is 14.3 Å². The number of carboxylic acid groups (broad SMARTS) is 1. The summed E-state index contributed by atoms with van der Waals surface area (Å²) in [5.74, 6) is -1.64. The quantitative estimate of drug-likeness (QED) is 0.836. The fourth-order valence-corrected chi connectivity index (χ4v) is 1.45. The molecule has 0 fully saturated rings. The highest BCUT2D eigenvalue weighted by Gasteiger charge is 2.12. The van der Waals surface area contributed by atoms with Crippen LogP contribution in [-0.2, 0) is 6.54 Å². The lowest BCUT2D eigenvalue weighted by atomic mass is 10.2. The van der Waals surface area contributed by atoms with Gasteiger partial charge in [-0.05, 0) is 17.7 Å². The minimum Gasteiger partial charge on any atom is -0.477 e. The molecule has 0 spiro atoms. The SMILES string of the molecule is O=C(O)c1c[nH]n(Cc2ccc(F)cc2)c1=O. The Morgan fingerprint density at radius 3 is 2.53 bits per heavy atom. The summed E-state index contributed by atoms with van der Waals surface area (Å²) < 4.78 is 13.8. The first-order valence-corrected chi connectivity index (χ1v) is 4.84. The van der Waals surface area contributed by atoms with Crippen molar-refractivity contribution in [2.75, 3.05) is 0 Å². The van der Waals surface area contributed by atoms with Crippen LogP contribution in [0.4, 0.5) is 4.39 Å². The molecule has 0 radical (unpaired) electrons. The number of nitrogens with zero attached hydrogens (tertiary/aromatic N) is 1. The van der Waals surface area contributed by atoms with E-state index in [9.17, 15) is 14.0 Å². The van der Waals surface area contributed by atoms with Crippen LogP contribution in [0.2, 0.25) is 0 Å². The fraction of sp³-hybridized carbons (Fsp3) is 0.0909. The van der Waals surface area contributed by atoms with E-state index in [2.05, 4.69) is 5.10 Å². The summed E-state index contributed by atoms with van der Waals surface area (Å²) >= 11 is 0. The number of hydrogen-bond donors (Lipinski definition) is 2. The van der Waals surface area contributed by atoms with Gasteiger partial charge in [0.25, 0.3) is 5.56 Å². The molecule has 17 heavy (non-hydrogen) atoms. The van der Waals surface area contributed by atoms with Crippen LogP contribution in [0.15, 0.2) is 35.3 Å². The van der Waals surface area contributed by atoms with Gasteiger partial charge in [0.1, 0.15) is 11.4 Å². The summed E-state index contributed by atoms with van der Waals surface area (Å²) in [4.78, 5) is 22.2. The highest BCUT2D eigenvalue weighted by molar-refractivity contribution is 5.86. The molecule has 0 saturated heterocycles. The molecule has 0 saturated carbocycles. The zero-order valence-electron chi connectivity index (χ0n) is 8.68. The van der Waals surface area contributed by atoms with Crippen molar-refractivity contribution in [1.82, 2.24) is 9.78 Å². The first-order valence-electron chi connectivity index (χ1n) is 4.84. The molecule has 0 aliphatic heterocycles. The number of carboxylic acids is 1. The Balaban J connectivity index is 2.28. The molecule has 1 aromatic carbocycles. The van der Waals surface area contributed by atoms with Gasteiger partial charge in [-0.25, -0.2) is 13.9 Å². The van der Waals surface area contributed by atoms with Crippen molar-refractivity contribution in [2.24, 2.45) is 0 Å². The van der Waals surface area contributed by atoms with Gasteiger partial charge in [-0.3, -0.25) is 4.79 Å². The van der Waals surface area contributed by atoms with Gasteiger partial charge in [0.2, 0.25) is 0 Å². The van der Waals surface area contributed by atoms with Crippen molar-refractivity contribution in [1.29, 1.82) is 0 Å². The van der Waals surface area contributed by atoms with Gasteiger partial charge in [-0.1, -0.05) is 12.1 Å². The molecule has 0 aliphatic carbocycles.